The molecule has 0 spiro atoms. The van der Waals surface area contributed by atoms with Crippen molar-refractivity contribution in [1.29, 1.82) is 0 Å². The van der Waals surface area contributed by atoms with Gasteiger partial charge < -0.3 is 14.5 Å². The summed E-state index contributed by atoms with van der Waals surface area (Å²) in [5, 5.41) is 4.10. The van der Waals surface area contributed by atoms with Crippen molar-refractivity contribution in [2.45, 2.75) is 32.7 Å². The normalized spacial score (nSPS) is 11.3. The molecular formula is C15H22ClN3O. The first-order chi connectivity index (χ1) is 9.79. The molecule has 0 saturated carbocycles. The van der Waals surface area contributed by atoms with E-state index in [-0.39, 0.29) is 0 Å². The molecule has 0 amide bonds. The minimum atomic E-state index is 0.721. The highest BCUT2D eigenvalue weighted by Crippen LogP contribution is 2.11. The van der Waals surface area contributed by atoms with Gasteiger partial charge in [-0.15, -0.1) is 0 Å². The number of ether oxygens (including phenoxy) is 1. The Hall–Kier alpha value is -1.10. The van der Waals surface area contributed by atoms with Gasteiger partial charge in [-0.25, -0.2) is 4.98 Å². The predicted molar refractivity (Wildman–Crippen MR) is 82.3 cm³/mol. The Bertz CT molecular complexity index is 527. The number of nitrogens with zero attached hydrogens (tertiary/aromatic N) is 2. The van der Waals surface area contributed by atoms with Crippen LogP contribution in [0.4, 0.5) is 0 Å². The van der Waals surface area contributed by atoms with Crippen LogP contribution in [0.3, 0.4) is 0 Å². The average molecular weight is 296 g/mol. The fourth-order valence-corrected chi connectivity index (χ4v) is 2.13. The molecule has 0 saturated heterocycles. The van der Waals surface area contributed by atoms with Gasteiger partial charge in [0.2, 0.25) is 0 Å². The van der Waals surface area contributed by atoms with Crippen LogP contribution in [0.15, 0.2) is 24.5 Å². The summed E-state index contributed by atoms with van der Waals surface area (Å²) < 4.78 is 7.46. The zero-order chi connectivity index (χ0) is 14.2. The molecule has 0 unspecified atom stereocenters. The minimum absolute atomic E-state index is 0.721. The molecule has 2 heterocycles. The molecule has 2 aromatic rings. The molecule has 0 aromatic carbocycles. The van der Waals surface area contributed by atoms with E-state index < -0.39 is 0 Å². The molecule has 20 heavy (non-hydrogen) atoms. The Balaban J connectivity index is 1.65. The maximum absolute atomic E-state index is 5.95. The van der Waals surface area contributed by atoms with E-state index in [9.17, 15) is 0 Å². The lowest BCUT2D eigenvalue weighted by Gasteiger charge is -2.04. The second-order valence-electron chi connectivity index (χ2n) is 4.84. The van der Waals surface area contributed by atoms with Gasteiger partial charge >= 0.3 is 0 Å². The molecule has 5 heteroatoms. The third-order valence-corrected chi connectivity index (χ3v) is 3.28. The third kappa shape index (κ3) is 4.78. The van der Waals surface area contributed by atoms with Crippen LogP contribution in [0.2, 0.25) is 5.02 Å². The highest BCUT2D eigenvalue weighted by molar-refractivity contribution is 6.30. The van der Waals surface area contributed by atoms with Gasteiger partial charge in [-0.2, -0.15) is 0 Å². The molecule has 0 radical (unpaired) electrons. The Labute approximate surface area is 125 Å². The minimum Gasteiger partial charge on any atom is -0.381 e. The van der Waals surface area contributed by atoms with Crippen LogP contribution in [0, 0.1) is 0 Å². The Morgan fingerprint density at radius 2 is 2.10 bits per heavy atom. The lowest BCUT2D eigenvalue weighted by Crippen LogP contribution is -2.16. The monoisotopic (exact) mass is 295 g/mol. The topological polar surface area (TPSA) is 38.6 Å². The first-order valence-corrected chi connectivity index (χ1v) is 7.59. The van der Waals surface area contributed by atoms with Gasteiger partial charge in [0.05, 0.1) is 10.7 Å². The van der Waals surface area contributed by atoms with Gasteiger partial charge in [0, 0.05) is 32.2 Å². The number of halogens is 1. The number of rotatable bonds is 9. The zero-order valence-corrected chi connectivity index (χ0v) is 12.7. The summed E-state index contributed by atoms with van der Waals surface area (Å²) in [6.07, 6.45) is 7.25. The molecule has 2 aromatic heterocycles. The lowest BCUT2D eigenvalue weighted by atomic mass is 10.3. The highest BCUT2D eigenvalue weighted by Gasteiger charge is 2.01. The van der Waals surface area contributed by atoms with Crippen molar-refractivity contribution in [3.05, 3.63) is 35.2 Å². The van der Waals surface area contributed by atoms with E-state index in [1.165, 1.54) is 6.42 Å². The van der Waals surface area contributed by atoms with E-state index >= 15 is 0 Å². The number of imidazole rings is 1. The van der Waals surface area contributed by atoms with E-state index in [0.29, 0.717) is 0 Å². The molecule has 2 rings (SSSR count). The summed E-state index contributed by atoms with van der Waals surface area (Å²) >= 11 is 5.95. The van der Waals surface area contributed by atoms with E-state index in [1.807, 2.05) is 28.9 Å². The summed E-state index contributed by atoms with van der Waals surface area (Å²) in [4.78, 5) is 4.52. The molecule has 0 aliphatic carbocycles. The van der Waals surface area contributed by atoms with Gasteiger partial charge in [0.25, 0.3) is 0 Å². The SMILES string of the molecule is CCCCOCCCNCc1cn2cc(Cl)ccc2n1. The molecule has 0 bridgehead atoms. The predicted octanol–water partition coefficient (Wildman–Crippen LogP) is 3.28. The number of nitrogens with one attached hydrogen (secondary N) is 1. The molecule has 0 fully saturated rings. The maximum Gasteiger partial charge on any atom is 0.137 e. The summed E-state index contributed by atoms with van der Waals surface area (Å²) in [7, 11) is 0. The molecule has 110 valence electrons. The Kier molecular flexibility index (Phi) is 6.30. The summed E-state index contributed by atoms with van der Waals surface area (Å²) in [6.45, 7) is 5.60. The van der Waals surface area contributed by atoms with Crippen molar-refractivity contribution in [3.8, 4) is 0 Å². The number of pyridine rings is 1. The van der Waals surface area contributed by atoms with E-state index in [0.717, 1.165) is 55.5 Å². The summed E-state index contributed by atoms with van der Waals surface area (Å²) in [5.74, 6) is 0. The molecular weight excluding hydrogens is 274 g/mol. The van der Waals surface area contributed by atoms with Gasteiger partial charge in [0.15, 0.2) is 0 Å². The molecule has 4 nitrogen and oxygen atoms in total. The van der Waals surface area contributed by atoms with Crippen LogP contribution in [0.25, 0.3) is 5.65 Å². The molecule has 1 N–H and O–H groups in total. The highest BCUT2D eigenvalue weighted by atomic mass is 35.5. The van der Waals surface area contributed by atoms with Crippen molar-refractivity contribution >= 4 is 17.2 Å². The standard InChI is InChI=1S/C15H22ClN3O/c1-2-3-8-20-9-4-7-17-10-14-12-19-11-13(16)5-6-15(19)18-14/h5-6,11-12,17H,2-4,7-10H2,1H3. The van der Waals surface area contributed by atoms with E-state index in [1.54, 1.807) is 0 Å². The molecule has 0 atom stereocenters. The first kappa shape index (κ1) is 15.3. The van der Waals surface area contributed by atoms with Crippen molar-refractivity contribution in [1.82, 2.24) is 14.7 Å². The largest absolute Gasteiger partial charge is 0.381 e. The van der Waals surface area contributed by atoms with Gasteiger partial charge in [0.1, 0.15) is 5.65 Å². The fraction of sp³-hybridized carbons (Fsp3) is 0.533. The van der Waals surface area contributed by atoms with Gasteiger partial charge in [-0.1, -0.05) is 24.9 Å². The second-order valence-corrected chi connectivity index (χ2v) is 5.28. The van der Waals surface area contributed by atoms with Crippen LogP contribution < -0.4 is 5.32 Å². The molecule has 0 aliphatic rings. The van der Waals surface area contributed by atoms with E-state index in [4.69, 9.17) is 16.3 Å². The number of aromatic nitrogens is 2. The summed E-state index contributed by atoms with van der Waals surface area (Å²) in [5.41, 5.74) is 1.95. The van der Waals surface area contributed by atoms with Crippen LogP contribution in [-0.2, 0) is 11.3 Å². The van der Waals surface area contributed by atoms with Crippen molar-refractivity contribution in [3.63, 3.8) is 0 Å². The Morgan fingerprint density at radius 1 is 1.25 bits per heavy atom. The third-order valence-electron chi connectivity index (χ3n) is 3.06. The fourth-order valence-electron chi connectivity index (χ4n) is 1.97. The van der Waals surface area contributed by atoms with Crippen LogP contribution in [0.5, 0.6) is 0 Å². The smallest absolute Gasteiger partial charge is 0.137 e. The number of hydrogen-bond acceptors (Lipinski definition) is 3. The number of hydrogen-bond donors (Lipinski definition) is 1. The van der Waals surface area contributed by atoms with Gasteiger partial charge in [-0.05, 0) is 31.5 Å². The van der Waals surface area contributed by atoms with Crippen molar-refractivity contribution < 1.29 is 4.74 Å². The zero-order valence-electron chi connectivity index (χ0n) is 11.9. The molecule has 0 aliphatic heterocycles. The van der Waals surface area contributed by atoms with Crippen molar-refractivity contribution in [2.75, 3.05) is 19.8 Å². The van der Waals surface area contributed by atoms with Crippen LogP contribution >= 0.6 is 11.6 Å². The van der Waals surface area contributed by atoms with Crippen LogP contribution in [0.1, 0.15) is 31.9 Å². The Morgan fingerprint density at radius 3 is 2.95 bits per heavy atom. The number of fused-ring (bicyclic) bond motifs is 1. The van der Waals surface area contributed by atoms with Gasteiger partial charge in [-0.3, -0.25) is 0 Å². The first-order valence-electron chi connectivity index (χ1n) is 7.21. The summed E-state index contributed by atoms with van der Waals surface area (Å²) in [6, 6.07) is 3.78. The quantitative estimate of drug-likeness (QED) is 0.722. The second kappa shape index (κ2) is 8.25. The van der Waals surface area contributed by atoms with Crippen LogP contribution in [-0.4, -0.2) is 29.1 Å². The average Bonchev–Trinajstić information content (AvgIpc) is 2.83. The maximum atomic E-state index is 5.95. The number of unbranched alkanes of at least 4 members (excludes halogenated alkanes) is 1. The lowest BCUT2D eigenvalue weighted by molar-refractivity contribution is 0.128. The van der Waals surface area contributed by atoms with Crippen molar-refractivity contribution in [2.24, 2.45) is 0 Å². The van der Waals surface area contributed by atoms with E-state index in [2.05, 4.69) is 17.2 Å².